The van der Waals surface area contributed by atoms with E-state index in [0.29, 0.717) is 30.0 Å². The third kappa shape index (κ3) is 15.4. The van der Waals surface area contributed by atoms with Gasteiger partial charge in [0.25, 0.3) is 0 Å². The molecule has 3 aliphatic heterocycles. The van der Waals surface area contributed by atoms with Gasteiger partial charge in [0, 0.05) is 54.7 Å². The number of hydrogen-bond donors (Lipinski definition) is 11. The van der Waals surface area contributed by atoms with Gasteiger partial charge in [0.15, 0.2) is 11.9 Å². The molecule has 406 valence electrons. The number of esters is 1. The Morgan fingerprint density at radius 3 is 2.24 bits per heavy atom. The SMILES string of the molecule is CC[C@H](C)[C@@H]1NC(=O)CN[C@@]2(C=O)Cc3c([nH]c4ccc(NC(=O)CCNC(=O)OC(C)(C)C)cc34)SC[C@H](NC(=O)CNC1=O)C(=O)N[C@@H](CC(=O)OC)C(=O)N1C[C@H](O)C[C@H]1C(=O)N[C@@H]([C@@H](C)CC)C(=O)N2. The Hall–Kier alpha value is -6.80. The molecule has 1 saturated heterocycles. The van der Waals surface area contributed by atoms with Crippen LogP contribution >= 0.6 is 11.8 Å². The molecule has 0 radical (unpaired) electrons. The Morgan fingerprint density at radius 1 is 0.919 bits per heavy atom. The maximum absolute atomic E-state index is 14.8. The quantitative estimate of drug-likeness (QED) is 0.0946. The molecule has 25 nitrogen and oxygen atoms in total. The third-order valence-corrected chi connectivity index (χ3v) is 14.0. The van der Waals surface area contributed by atoms with E-state index in [2.05, 4.69) is 52.8 Å². The fourth-order valence-corrected chi connectivity index (χ4v) is 9.58. The first-order valence-electron chi connectivity index (χ1n) is 24.5. The number of fused-ring (bicyclic) bond motifs is 5. The second-order valence-electron chi connectivity index (χ2n) is 19.7. The van der Waals surface area contributed by atoms with Crippen molar-refractivity contribution in [1.82, 2.24) is 52.4 Å². The Morgan fingerprint density at radius 2 is 1.59 bits per heavy atom. The van der Waals surface area contributed by atoms with Crippen molar-refractivity contribution in [2.45, 2.75) is 140 Å². The van der Waals surface area contributed by atoms with Gasteiger partial charge in [-0.1, -0.05) is 40.5 Å². The Balaban J connectivity index is 1.70. The van der Waals surface area contributed by atoms with E-state index in [1.807, 2.05) is 0 Å². The number of carbonyl (C=O) groups excluding carboxylic acids is 11. The van der Waals surface area contributed by atoms with Crippen molar-refractivity contribution in [2.75, 3.05) is 44.4 Å². The molecule has 1 aromatic heterocycles. The van der Waals surface area contributed by atoms with Crippen molar-refractivity contribution in [3.05, 3.63) is 23.8 Å². The molecule has 0 unspecified atom stereocenters. The summed E-state index contributed by atoms with van der Waals surface area (Å²) in [6.45, 7) is 10.1. The normalized spacial score (nSPS) is 25.6. The molecule has 9 amide bonds. The fraction of sp³-hybridized carbons (Fsp3) is 0.604. The lowest BCUT2D eigenvalue weighted by atomic mass is 9.94. The van der Waals surface area contributed by atoms with Crippen LogP contribution in [0.5, 0.6) is 0 Å². The number of aromatic nitrogens is 1. The summed E-state index contributed by atoms with van der Waals surface area (Å²) in [7, 11) is 1.06. The summed E-state index contributed by atoms with van der Waals surface area (Å²) in [4.78, 5) is 156. The zero-order chi connectivity index (χ0) is 54.7. The number of nitrogens with zero attached hydrogens (tertiary/aromatic N) is 1. The van der Waals surface area contributed by atoms with Crippen LogP contribution in [-0.4, -0.2) is 167 Å². The van der Waals surface area contributed by atoms with Crippen molar-refractivity contribution in [3.63, 3.8) is 0 Å². The van der Waals surface area contributed by atoms with Gasteiger partial charge in [0.1, 0.15) is 35.8 Å². The van der Waals surface area contributed by atoms with Crippen LogP contribution < -0.4 is 47.9 Å². The standard InChI is InChI=1S/C48H69N11O14S/c1-9-24(3)38-42(68)50-19-35(63)53-32-22-74-44-29(28-15-26(11-12-30(28)55-44)52-34(62)13-14-49-46(71)73-47(5,6)7)18-48(23-60,51-20-36(64)56-38)58-43(69)39(25(4)10-2)57-41(67)33-16-27(61)21-59(33)45(70)31(54-40(32)66)17-37(65)72-8/h11-12,15,23-25,27,31-33,38-39,51,55,61H,9-10,13-14,16-22H2,1-8H3,(H,49,71)(H,50,68)(H,52,62)(H,53,63)(H,54,66)(H,56,64)(H,57,67)(H,58,69)/t24-,25-,27+,31-,32-,33-,38-,39-,48-/m0/s1. The molecule has 4 heterocycles. The van der Waals surface area contributed by atoms with E-state index in [9.17, 15) is 57.8 Å². The number of anilines is 1. The molecule has 0 aliphatic carbocycles. The molecule has 11 N–H and O–H groups in total. The van der Waals surface area contributed by atoms with Gasteiger partial charge in [0.05, 0.1) is 37.8 Å². The Bertz CT molecular complexity index is 2480. The number of alkyl carbamates (subject to hydrolysis) is 1. The summed E-state index contributed by atoms with van der Waals surface area (Å²) in [5, 5.41) is 35.4. The van der Waals surface area contributed by atoms with Gasteiger partial charge in [-0.15, -0.1) is 11.8 Å². The molecule has 0 saturated carbocycles. The predicted molar refractivity (Wildman–Crippen MR) is 268 cm³/mol. The highest BCUT2D eigenvalue weighted by molar-refractivity contribution is 7.99. The van der Waals surface area contributed by atoms with Crippen molar-refractivity contribution in [3.8, 4) is 0 Å². The van der Waals surface area contributed by atoms with Crippen molar-refractivity contribution in [1.29, 1.82) is 0 Å². The number of ether oxygens (including phenoxy) is 2. The van der Waals surface area contributed by atoms with Crippen LogP contribution in [0.3, 0.4) is 0 Å². The molecule has 1 aromatic carbocycles. The molecule has 2 bridgehead atoms. The third-order valence-electron chi connectivity index (χ3n) is 12.9. The van der Waals surface area contributed by atoms with E-state index in [1.54, 1.807) is 66.7 Å². The summed E-state index contributed by atoms with van der Waals surface area (Å²) in [6.07, 6.45) is -2.53. The first-order chi connectivity index (χ1) is 34.9. The monoisotopic (exact) mass is 1060 g/mol. The number of aldehydes is 1. The molecule has 3 aliphatic rings. The number of rotatable bonds is 11. The van der Waals surface area contributed by atoms with E-state index in [-0.39, 0.29) is 41.4 Å². The van der Waals surface area contributed by atoms with Gasteiger partial charge in [-0.3, -0.25) is 53.3 Å². The maximum Gasteiger partial charge on any atom is 0.407 e. The van der Waals surface area contributed by atoms with Crippen LogP contribution in [0.15, 0.2) is 23.2 Å². The van der Waals surface area contributed by atoms with E-state index in [0.717, 1.165) is 23.8 Å². The number of thioether (sulfide) groups is 1. The minimum atomic E-state index is -2.20. The lowest BCUT2D eigenvalue weighted by molar-refractivity contribution is -0.148. The van der Waals surface area contributed by atoms with Gasteiger partial charge in [-0.2, -0.15) is 0 Å². The Labute approximate surface area is 432 Å². The smallest absolute Gasteiger partial charge is 0.407 e. The number of H-pyrrole nitrogens is 1. The number of amides is 9. The number of aliphatic hydroxyl groups is 1. The van der Waals surface area contributed by atoms with Gasteiger partial charge in [-0.05, 0) is 56.4 Å². The van der Waals surface area contributed by atoms with Gasteiger partial charge in [-0.25, -0.2) is 4.79 Å². The summed E-state index contributed by atoms with van der Waals surface area (Å²) in [5.74, 6) is -9.02. The summed E-state index contributed by atoms with van der Waals surface area (Å²) >= 11 is 0.963. The van der Waals surface area contributed by atoms with E-state index in [1.165, 1.54) is 0 Å². The van der Waals surface area contributed by atoms with Gasteiger partial charge < -0.3 is 67.0 Å². The average molecular weight is 1060 g/mol. The fourth-order valence-electron chi connectivity index (χ4n) is 8.47. The molecular weight excluding hydrogens is 987 g/mol. The number of nitrogens with one attached hydrogen (secondary N) is 10. The Kier molecular flexibility index (Phi) is 20.0. The first kappa shape index (κ1) is 58.1. The van der Waals surface area contributed by atoms with Crippen LogP contribution in [-0.2, 0) is 63.8 Å². The molecule has 0 spiro atoms. The minimum Gasteiger partial charge on any atom is -0.469 e. The number of aliphatic hydroxyl groups excluding tert-OH is 1. The van der Waals surface area contributed by atoms with Gasteiger partial charge in [0.2, 0.25) is 47.3 Å². The molecule has 26 heteroatoms. The molecule has 74 heavy (non-hydrogen) atoms. The van der Waals surface area contributed by atoms with Crippen LogP contribution in [0.25, 0.3) is 10.9 Å². The average Bonchev–Trinajstić information content (AvgIpc) is 3.91. The maximum atomic E-state index is 14.8. The van der Waals surface area contributed by atoms with Crippen molar-refractivity contribution in [2.24, 2.45) is 11.8 Å². The molecule has 9 atom stereocenters. The van der Waals surface area contributed by atoms with E-state index in [4.69, 9.17) is 9.47 Å². The largest absolute Gasteiger partial charge is 0.469 e. The number of carbonyl (C=O) groups is 11. The van der Waals surface area contributed by atoms with Crippen LogP contribution in [0, 0.1) is 11.8 Å². The zero-order valence-corrected chi connectivity index (χ0v) is 43.6. The summed E-state index contributed by atoms with van der Waals surface area (Å²) in [6, 6.07) is -2.53. The lowest BCUT2D eigenvalue weighted by Gasteiger charge is -2.35. The minimum absolute atomic E-state index is 0.0653. The number of methoxy groups -OCH3 is 1. The number of aromatic amines is 1. The van der Waals surface area contributed by atoms with Crippen LogP contribution in [0.1, 0.15) is 86.1 Å². The van der Waals surface area contributed by atoms with Crippen molar-refractivity contribution >= 4 is 94.0 Å². The molecule has 1 fully saturated rings. The molecule has 2 aromatic rings. The second kappa shape index (κ2) is 25.4. The van der Waals surface area contributed by atoms with Crippen molar-refractivity contribution < 1.29 is 67.3 Å². The van der Waals surface area contributed by atoms with E-state index >= 15 is 0 Å². The lowest BCUT2D eigenvalue weighted by Crippen LogP contribution is -2.67. The summed E-state index contributed by atoms with van der Waals surface area (Å²) < 4.78 is 10.1. The molecular formula is C48H69N11O14S. The molecule has 5 rings (SSSR count). The van der Waals surface area contributed by atoms with Crippen LogP contribution in [0.4, 0.5) is 10.5 Å². The predicted octanol–water partition coefficient (Wildman–Crippen LogP) is -1.04. The highest BCUT2D eigenvalue weighted by atomic mass is 32.2. The van der Waals surface area contributed by atoms with Gasteiger partial charge >= 0.3 is 12.1 Å². The zero-order valence-electron chi connectivity index (χ0n) is 42.8. The van der Waals surface area contributed by atoms with Crippen LogP contribution in [0.2, 0.25) is 0 Å². The van der Waals surface area contributed by atoms with E-state index < -0.39 is 151 Å². The first-order valence-corrected chi connectivity index (χ1v) is 25.5. The number of hydrogen-bond acceptors (Lipinski definition) is 16. The topological polar surface area (TPSA) is 354 Å². The highest BCUT2D eigenvalue weighted by Crippen LogP contribution is 2.35. The highest BCUT2D eigenvalue weighted by Gasteiger charge is 2.45. The summed E-state index contributed by atoms with van der Waals surface area (Å²) in [5.41, 5.74) is -1.98. The second-order valence-corrected chi connectivity index (χ2v) is 20.7. The number of benzene rings is 1.